The van der Waals surface area contributed by atoms with Gasteiger partial charge >= 0.3 is 5.97 Å². The number of hydrogen-bond donors (Lipinski definition) is 3. The quantitative estimate of drug-likeness (QED) is 0.345. The van der Waals surface area contributed by atoms with Gasteiger partial charge in [0.05, 0.1) is 6.42 Å². The molecule has 0 aliphatic carbocycles. The van der Waals surface area contributed by atoms with Gasteiger partial charge in [-0.3, -0.25) is 33.8 Å². The number of pyridine rings is 1. The highest BCUT2D eigenvalue weighted by molar-refractivity contribution is 5.98. The van der Waals surface area contributed by atoms with Crippen LogP contribution in [0.3, 0.4) is 0 Å². The van der Waals surface area contributed by atoms with Gasteiger partial charge in [0, 0.05) is 37.9 Å². The molecule has 0 spiro atoms. The maximum absolute atomic E-state index is 14.7. The summed E-state index contributed by atoms with van der Waals surface area (Å²) in [7, 11) is 0. The summed E-state index contributed by atoms with van der Waals surface area (Å²) in [6.07, 6.45) is 3.29. The highest BCUT2D eigenvalue weighted by Gasteiger charge is 2.47. The Balaban J connectivity index is 1.32. The SMILES string of the molecule is C[C@@H]1C[C@H]2C(=O)O[C@@H](C)[C@H](NC(=O)[C@H](Cc3ccccc3)NC(=O)Cc3ccccn3)C(=O)N3CCC[C@H]3C(=O)N3CCCC[C@H]3C(=O)N[C@@H](C)C(=O)N2C1. The average Bonchev–Trinajstić information content (AvgIpc) is 3.83. The van der Waals surface area contributed by atoms with Crippen LogP contribution in [0.25, 0.3) is 0 Å². The summed E-state index contributed by atoms with van der Waals surface area (Å²) in [4.78, 5) is 106. The zero-order valence-corrected chi connectivity index (χ0v) is 31.6. The molecule has 294 valence electrons. The molecule has 2 aromatic rings. The Morgan fingerprint density at radius 2 is 1.55 bits per heavy atom. The molecule has 1 aromatic heterocycles. The molecular formula is C40H51N7O8. The Hall–Kier alpha value is -5.34. The van der Waals surface area contributed by atoms with Gasteiger partial charge in [0.25, 0.3) is 0 Å². The first-order valence-electron chi connectivity index (χ1n) is 19.4. The molecule has 3 N–H and O–H groups in total. The third-order valence-corrected chi connectivity index (χ3v) is 11.0. The number of rotatable bonds is 7. The first kappa shape index (κ1) is 39.4. The summed E-state index contributed by atoms with van der Waals surface area (Å²) < 4.78 is 5.95. The van der Waals surface area contributed by atoms with E-state index in [1.807, 2.05) is 37.3 Å². The summed E-state index contributed by atoms with van der Waals surface area (Å²) >= 11 is 0. The van der Waals surface area contributed by atoms with Gasteiger partial charge in [0.15, 0.2) is 0 Å². The van der Waals surface area contributed by atoms with E-state index >= 15 is 0 Å². The van der Waals surface area contributed by atoms with Crippen LogP contribution in [0.1, 0.15) is 70.6 Å². The Labute approximate surface area is 320 Å². The molecule has 6 amide bonds. The van der Waals surface area contributed by atoms with Crippen LogP contribution in [0.2, 0.25) is 0 Å². The van der Waals surface area contributed by atoms with Crippen LogP contribution in [0.4, 0.5) is 0 Å². The molecule has 1 aromatic carbocycles. The molecule has 0 saturated carbocycles. The molecule has 5 heterocycles. The van der Waals surface area contributed by atoms with E-state index in [0.29, 0.717) is 50.8 Å². The molecule has 15 heteroatoms. The minimum atomic E-state index is -1.45. The first-order chi connectivity index (χ1) is 26.4. The Morgan fingerprint density at radius 1 is 0.836 bits per heavy atom. The molecule has 6 rings (SSSR count). The lowest BCUT2D eigenvalue weighted by Crippen LogP contribution is -2.63. The molecule has 4 aliphatic heterocycles. The predicted octanol–water partition coefficient (Wildman–Crippen LogP) is 0.896. The van der Waals surface area contributed by atoms with E-state index in [0.717, 1.165) is 5.56 Å². The van der Waals surface area contributed by atoms with Crippen LogP contribution in [0, 0.1) is 5.92 Å². The Bertz CT molecular complexity index is 1760. The van der Waals surface area contributed by atoms with Crippen molar-refractivity contribution >= 4 is 41.4 Å². The average molecular weight is 758 g/mol. The molecule has 4 saturated heterocycles. The van der Waals surface area contributed by atoms with Gasteiger partial charge in [-0.05, 0) is 76.0 Å². The molecular weight excluding hydrogens is 706 g/mol. The van der Waals surface area contributed by atoms with E-state index in [1.165, 1.54) is 21.6 Å². The highest BCUT2D eigenvalue weighted by Crippen LogP contribution is 2.28. The fourth-order valence-corrected chi connectivity index (χ4v) is 8.19. The lowest BCUT2D eigenvalue weighted by atomic mass is 9.99. The maximum atomic E-state index is 14.7. The predicted molar refractivity (Wildman–Crippen MR) is 198 cm³/mol. The van der Waals surface area contributed by atoms with Crippen molar-refractivity contribution in [2.75, 3.05) is 19.6 Å². The number of benzene rings is 1. The van der Waals surface area contributed by atoms with Crippen LogP contribution in [-0.2, 0) is 51.1 Å². The number of cyclic esters (lactones) is 1. The van der Waals surface area contributed by atoms with Crippen LogP contribution < -0.4 is 16.0 Å². The molecule has 4 aliphatic rings. The van der Waals surface area contributed by atoms with Crippen LogP contribution in [-0.4, -0.2) is 123 Å². The van der Waals surface area contributed by atoms with E-state index < -0.39 is 77.9 Å². The van der Waals surface area contributed by atoms with Crippen molar-refractivity contribution in [2.45, 2.75) is 114 Å². The number of aromatic nitrogens is 1. The number of esters is 1. The molecule has 8 atom stereocenters. The second-order valence-electron chi connectivity index (χ2n) is 15.2. The zero-order valence-electron chi connectivity index (χ0n) is 31.6. The Kier molecular flexibility index (Phi) is 12.5. The monoisotopic (exact) mass is 757 g/mol. The number of carbonyl (C=O) groups is 7. The number of piperidine rings is 1. The zero-order chi connectivity index (χ0) is 39.2. The standard InChI is InChI=1S/C40H51N7O8/c1-24-20-32-40(54)55-26(3)34(44-35(49)29(21-27-12-5-4-6-13-27)43-33(48)22-28-14-7-9-17-41-28)39(53)46-19-11-16-31(46)38(52)45-18-10-8-15-30(45)36(50)42-25(2)37(51)47(32)23-24/h4-7,9,12-14,17,24-26,29-32,34H,8,10-11,15-16,18-23H2,1-3H3,(H,42,50)(H,43,48)(H,44,49)/t24-,25+,26+,29+,30+,31+,32+,34+/m1/s1. The molecule has 0 radical (unpaired) electrons. The summed E-state index contributed by atoms with van der Waals surface area (Å²) in [5, 5.41) is 8.40. The van der Waals surface area contributed by atoms with E-state index in [2.05, 4.69) is 20.9 Å². The molecule has 0 unspecified atom stereocenters. The van der Waals surface area contributed by atoms with Gasteiger partial charge in [-0.2, -0.15) is 0 Å². The molecule has 15 nitrogen and oxygen atoms in total. The van der Waals surface area contributed by atoms with Gasteiger partial charge < -0.3 is 35.4 Å². The number of hydrogen-bond acceptors (Lipinski definition) is 9. The minimum Gasteiger partial charge on any atom is -0.458 e. The number of carbonyl (C=O) groups excluding carboxylic acids is 7. The lowest BCUT2D eigenvalue weighted by Gasteiger charge is -2.39. The molecule has 0 bridgehead atoms. The van der Waals surface area contributed by atoms with Gasteiger partial charge in [0.2, 0.25) is 35.4 Å². The fraction of sp³-hybridized carbons (Fsp3) is 0.550. The van der Waals surface area contributed by atoms with Crippen molar-refractivity contribution in [3.05, 3.63) is 66.0 Å². The minimum absolute atomic E-state index is 0.0517. The van der Waals surface area contributed by atoms with E-state index in [4.69, 9.17) is 4.74 Å². The number of amides is 6. The van der Waals surface area contributed by atoms with Crippen molar-refractivity contribution in [1.82, 2.24) is 35.6 Å². The fourth-order valence-electron chi connectivity index (χ4n) is 8.19. The van der Waals surface area contributed by atoms with Crippen molar-refractivity contribution in [3.8, 4) is 0 Å². The smallest absolute Gasteiger partial charge is 0.329 e. The summed E-state index contributed by atoms with van der Waals surface area (Å²) in [5.41, 5.74) is 1.26. The second kappa shape index (κ2) is 17.4. The first-order valence-corrected chi connectivity index (χ1v) is 19.4. The summed E-state index contributed by atoms with van der Waals surface area (Å²) in [6.45, 7) is 5.75. The van der Waals surface area contributed by atoms with Crippen LogP contribution >= 0.6 is 0 Å². The van der Waals surface area contributed by atoms with Gasteiger partial charge in [-0.1, -0.05) is 43.3 Å². The second-order valence-corrected chi connectivity index (χ2v) is 15.2. The van der Waals surface area contributed by atoms with Crippen molar-refractivity contribution in [2.24, 2.45) is 5.92 Å². The van der Waals surface area contributed by atoms with Crippen molar-refractivity contribution in [1.29, 1.82) is 0 Å². The van der Waals surface area contributed by atoms with Crippen LogP contribution in [0.15, 0.2) is 54.7 Å². The summed E-state index contributed by atoms with van der Waals surface area (Å²) in [6, 6.07) is 8.00. The van der Waals surface area contributed by atoms with Gasteiger partial charge in [0.1, 0.15) is 42.4 Å². The normalized spacial score (nSPS) is 28.4. The number of ether oxygens (including phenoxy) is 1. The van der Waals surface area contributed by atoms with E-state index in [9.17, 15) is 33.6 Å². The third kappa shape index (κ3) is 9.14. The number of fused-ring (bicyclic) bond motifs is 3. The largest absolute Gasteiger partial charge is 0.458 e. The van der Waals surface area contributed by atoms with Crippen LogP contribution in [0.5, 0.6) is 0 Å². The van der Waals surface area contributed by atoms with Crippen molar-refractivity contribution in [3.63, 3.8) is 0 Å². The van der Waals surface area contributed by atoms with E-state index in [-0.39, 0.29) is 37.8 Å². The van der Waals surface area contributed by atoms with E-state index in [1.54, 1.807) is 31.3 Å². The highest BCUT2D eigenvalue weighted by atomic mass is 16.5. The number of nitrogens with zero attached hydrogens (tertiary/aromatic N) is 4. The lowest BCUT2D eigenvalue weighted by molar-refractivity contribution is -0.163. The topological polar surface area (TPSA) is 187 Å². The molecule has 55 heavy (non-hydrogen) atoms. The van der Waals surface area contributed by atoms with Gasteiger partial charge in [-0.25, -0.2) is 4.79 Å². The Morgan fingerprint density at radius 3 is 2.29 bits per heavy atom. The third-order valence-electron chi connectivity index (χ3n) is 11.0. The number of nitrogens with one attached hydrogen (secondary N) is 3. The van der Waals surface area contributed by atoms with Gasteiger partial charge in [-0.15, -0.1) is 0 Å². The summed E-state index contributed by atoms with van der Waals surface area (Å²) in [5.74, 6) is -3.89. The maximum Gasteiger partial charge on any atom is 0.329 e. The van der Waals surface area contributed by atoms with Crippen molar-refractivity contribution < 1.29 is 38.3 Å². The molecule has 4 fully saturated rings.